The molecule has 1 aromatic heterocycles. The van der Waals surface area contributed by atoms with E-state index in [2.05, 4.69) is 9.97 Å². The van der Waals surface area contributed by atoms with Gasteiger partial charge < -0.3 is 4.98 Å². The summed E-state index contributed by atoms with van der Waals surface area (Å²) in [6.45, 7) is 0. The van der Waals surface area contributed by atoms with Gasteiger partial charge in [-0.3, -0.25) is 0 Å². The largest absolute Gasteiger partial charge is 0.342 e. The average Bonchev–Trinajstić information content (AvgIpc) is 3.03. The van der Waals surface area contributed by atoms with E-state index in [9.17, 15) is 4.39 Å². The zero-order valence-electron chi connectivity index (χ0n) is 9.62. The lowest BCUT2D eigenvalue weighted by Crippen LogP contribution is -2.09. The number of rotatable bonds is 1. The second kappa shape index (κ2) is 3.31. The van der Waals surface area contributed by atoms with Gasteiger partial charge in [0.05, 0.1) is 5.52 Å². The number of aromatic nitrogens is 2. The fourth-order valence-electron chi connectivity index (χ4n) is 3.77. The second-order valence-electron chi connectivity index (χ2n) is 5.54. The van der Waals surface area contributed by atoms with Crippen LogP contribution in [0.25, 0.3) is 11.0 Å². The molecular formula is C14H15FN2. The number of benzene rings is 1. The highest BCUT2D eigenvalue weighted by Crippen LogP contribution is 2.52. The van der Waals surface area contributed by atoms with Crippen LogP contribution in [0.1, 0.15) is 37.4 Å². The number of nitrogens with one attached hydrogen (secondary N) is 1. The molecular weight excluding hydrogens is 215 g/mol. The van der Waals surface area contributed by atoms with Crippen LogP contribution in [0.3, 0.4) is 0 Å². The molecule has 3 heteroatoms. The van der Waals surface area contributed by atoms with Gasteiger partial charge in [-0.05, 0) is 43.2 Å². The van der Waals surface area contributed by atoms with Crippen molar-refractivity contribution in [2.75, 3.05) is 0 Å². The van der Waals surface area contributed by atoms with Crippen molar-refractivity contribution in [3.8, 4) is 0 Å². The van der Waals surface area contributed by atoms with E-state index in [0.29, 0.717) is 11.4 Å². The monoisotopic (exact) mass is 230 g/mol. The number of H-pyrrole nitrogens is 1. The number of aromatic amines is 1. The number of hydrogen-bond acceptors (Lipinski definition) is 1. The Morgan fingerprint density at radius 2 is 2.18 bits per heavy atom. The zero-order valence-corrected chi connectivity index (χ0v) is 9.62. The number of imidazole rings is 1. The van der Waals surface area contributed by atoms with Crippen LogP contribution in [-0.2, 0) is 0 Å². The predicted octanol–water partition coefficient (Wildman–Crippen LogP) is 3.61. The van der Waals surface area contributed by atoms with Crippen molar-refractivity contribution in [1.29, 1.82) is 0 Å². The van der Waals surface area contributed by atoms with Gasteiger partial charge >= 0.3 is 0 Å². The normalized spacial score (nSPS) is 31.5. The molecule has 0 amide bonds. The Hall–Kier alpha value is -1.38. The molecule has 2 saturated carbocycles. The molecule has 1 heterocycles. The number of nitrogens with zero attached hydrogens (tertiary/aromatic N) is 1. The summed E-state index contributed by atoms with van der Waals surface area (Å²) in [5, 5.41) is 0. The quantitative estimate of drug-likeness (QED) is 0.796. The summed E-state index contributed by atoms with van der Waals surface area (Å²) in [6, 6.07) is 5.12. The zero-order chi connectivity index (χ0) is 11.4. The standard InChI is InChI=1S/C14H15FN2/c15-11-2-1-3-12-13(11)17-14(16-12)10-7-8-4-5-9(10)6-8/h1-3,8-10H,4-7H2,(H,16,17). The van der Waals surface area contributed by atoms with Crippen molar-refractivity contribution < 1.29 is 4.39 Å². The van der Waals surface area contributed by atoms with E-state index >= 15 is 0 Å². The Morgan fingerprint density at radius 1 is 1.24 bits per heavy atom. The molecule has 0 radical (unpaired) electrons. The van der Waals surface area contributed by atoms with E-state index in [1.165, 1.54) is 31.7 Å². The van der Waals surface area contributed by atoms with Crippen molar-refractivity contribution in [2.24, 2.45) is 11.8 Å². The van der Waals surface area contributed by atoms with Gasteiger partial charge in [0.1, 0.15) is 11.3 Å². The molecule has 2 aliphatic rings. The van der Waals surface area contributed by atoms with Crippen LogP contribution in [0.5, 0.6) is 0 Å². The van der Waals surface area contributed by atoms with Crippen LogP contribution in [0.2, 0.25) is 0 Å². The smallest absolute Gasteiger partial charge is 0.151 e. The third-order valence-corrected chi connectivity index (χ3v) is 4.57. The van der Waals surface area contributed by atoms with E-state index in [-0.39, 0.29) is 5.82 Å². The predicted molar refractivity (Wildman–Crippen MR) is 64.2 cm³/mol. The summed E-state index contributed by atoms with van der Waals surface area (Å²) >= 11 is 0. The molecule has 2 aromatic rings. The molecule has 3 unspecified atom stereocenters. The van der Waals surface area contributed by atoms with Crippen molar-refractivity contribution in [2.45, 2.75) is 31.6 Å². The first-order valence-electron chi connectivity index (χ1n) is 6.45. The number of hydrogen-bond donors (Lipinski definition) is 1. The summed E-state index contributed by atoms with van der Waals surface area (Å²) in [6.07, 6.45) is 5.31. The van der Waals surface area contributed by atoms with Gasteiger partial charge in [-0.2, -0.15) is 0 Å². The molecule has 2 fully saturated rings. The third-order valence-electron chi connectivity index (χ3n) is 4.57. The lowest BCUT2D eigenvalue weighted by atomic mass is 9.88. The summed E-state index contributed by atoms with van der Waals surface area (Å²) in [5.41, 5.74) is 1.34. The maximum atomic E-state index is 13.6. The molecule has 1 N–H and O–H groups in total. The molecule has 2 bridgehead atoms. The Morgan fingerprint density at radius 3 is 2.88 bits per heavy atom. The number of halogens is 1. The fourth-order valence-corrected chi connectivity index (χ4v) is 3.77. The first kappa shape index (κ1) is 9.63. The summed E-state index contributed by atoms with van der Waals surface area (Å²) in [4.78, 5) is 7.79. The molecule has 4 rings (SSSR count). The Balaban J connectivity index is 1.79. The van der Waals surface area contributed by atoms with E-state index in [1.54, 1.807) is 6.07 Å². The topological polar surface area (TPSA) is 28.7 Å². The summed E-state index contributed by atoms with van der Waals surface area (Å²) in [5.74, 6) is 3.01. The van der Waals surface area contributed by atoms with Gasteiger partial charge in [0.25, 0.3) is 0 Å². The van der Waals surface area contributed by atoms with Crippen LogP contribution in [-0.4, -0.2) is 9.97 Å². The molecule has 2 aliphatic carbocycles. The minimum Gasteiger partial charge on any atom is -0.342 e. The van der Waals surface area contributed by atoms with Crippen LogP contribution in [0.15, 0.2) is 18.2 Å². The first-order valence-corrected chi connectivity index (χ1v) is 6.45. The maximum Gasteiger partial charge on any atom is 0.151 e. The minimum atomic E-state index is -0.215. The van der Waals surface area contributed by atoms with Crippen molar-refractivity contribution in [1.82, 2.24) is 9.97 Å². The SMILES string of the molecule is Fc1cccc2[nH]c(C3CC4CCC3C4)nc12. The Kier molecular flexibility index (Phi) is 1.88. The van der Waals surface area contributed by atoms with E-state index < -0.39 is 0 Å². The molecule has 17 heavy (non-hydrogen) atoms. The van der Waals surface area contributed by atoms with Gasteiger partial charge in [0, 0.05) is 5.92 Å². The van der Waals surface area contributed by atoms with Crippen LogP contribution >= 0.6 is 0 Å². The molecule has 0 saturated heterocycles. The van der Waals surface area contributed by atoms with Gasteiger partial charge in [-0.15, -0.1) is 0 Å². The van der Waals surface area contributed by atoms with Gasteiger partial charge in [0.2, 0.25) is 0 Å². The summed E-state index contributed by atoms with van der Waals surface area (Å²) in [7, 11) is 0. The maximum absolute atomic E-state index is 13.6. The van der Waals surface area contributed by atoms with E-state index in [1.807, 2.05) is 6.07 Å². The van der Waals surface area contributed by atoms with Crippen molar-refractivity contribution in [3.05, 3.63) is 29.8 Å². The van der Waals surface area contributed by atoms with E-state index in [4.69, 9.17) is 0 Å². The molecule has 3 atom stereocenters. The molecule has 0 aliphatic heterocycles. The Bertz CT molecular complexity index is 575. The Labute approximate surface area is 99.3 Å². The highest BCUT2D eigenvalue weighted by atomic mass is 19.1. The molecule has 0 spiro atoms. The van der Waals surface area contributed by atoms with Gasteiger partial charge in [0.15, 0.2) is 5.82 Å². The van der Waals surface area contributed by atoms with Gasteiger partial charge in [-0.25, -0.2) is 9.37 Å². The third kappa shape index (κ3) is 1.34. The van der Waals surface area contributed by atoms with E-state index in [0.717, 1.165) is 23.2 Å². The first-order chi connectivity index (χ1) is 8.31. The minimum absolute atomic E-state index is 0.215. The lowest BCUT2D eigenvalue weighted by molar-refractivity contribution is 0.408. The van der Waals surface area contributed by atoms with Crippen molar-refractivity contribution >= 4 is 11.0 Å². The number of fused-ring (bicyclic) bond motifs is 3. The summed E-state index contributed by atoms with van der Waals surface area (Å²) < 4.78 is 13.6. The van der Waals surface area contributed by atoms with Crippen molar-refractivity contribution in [3.63, 3.8) is 0 Å². The molecule has 1 aromatic carbocycles. The lowest BCUT2D eigenvalue weighted by Gasteiger charge is -2.18. The van der Waals surface area contributed by atoms with Gasteiger partial charge in [-0.1, -0.05) is 12.5 Å². The number of para-hydroxylation sites is 1. The molecule has 2 nitrogen and oxygen atoms in total. The highest BCUT2D eigenvalue weighted by Gasteiger charge is 2.41. The fraction of sp³-hybridized carbons (Fsp3) is 0.500. The van der Waals surface area contributed by atoms with Crippen LogP contribution in [0, 0.1) is 17.7 Å². The average molecular weight is 230 g/mol. The molecule has 88 valence electrons. The highest BCUT2D eigenvalue weighted by molar-refractivity contribution is 5.75. The van der Waals surface area contributed by atoms with Crippen LogP contribution < -0.4 is 0 Å². The second-order valence-corrected chi connectivity index (χ2v) is 5.54. The van der Waals surface area contributed by atoms with Crippen LogP contribution in [0.4, 0.5) is 4.39 Å².